The summed E-state index contributed by atoms with van der Waals surface area (Å²) in [4.78, 5) is 24.1. The van der Waals surface area contributed by atoms with Crippen LogP contribution in [-0.4, -0.2) is 44.6 Å². The highest BCUT2D eigenvalue weighted by atomic mass is 32.2. The Labute approximate surface area is 199 Å². The molecule has 0 saturated carbocycles. The second-order valence-corrected chi connectivity index (χ2v) is 8.33. The van der Waals surface area contributed by atoms with Gasteiger partial charge < -0.3 is 10.1 Å². The maximum atomic E-state index is 12.5. The summed E-state index contributed by atoms with van der Waals surface area (Å²) < 4.78 is 6.37. The molecule has 2 aromatic heterocycles. The number of fused-ring (bicyclic) bond motifs is 3. The number of thioether (sulfide) groups is 1. The molecule has 5 aromatic rings. The van der Waals surface area contributed by atoms with Crippen molar-refractivity contribution in [2.24, 2.45) is 0 Å². The van der Waals surface area contributed by atoms with Crippen LogP contribution in [0.5, 0.6) is 0 Å². The molecule has 2 heterocycles. The van der Waals surface area contributed by atoms with Gasteiger partial charge >= 0.3 is 5.97 Å². The molecular formula is C25H19N5O3S. The van der Waals surface area contributed by atoms with E-state index in [-0.39, 0.29) is 11.7 Å². The van der Waals surface area contributed by atoms with E-state index in [1.807, 2.05) is 54.6 Å². The highest BCUT2D eigenvalue weighted by molar-refractivity contribution is 7.99. The first kappa shape index (κ1) is 21.6. The minimum Gasteiger partial charge on any atom is -0.465 e. The van der Waals surface area contributed by atoms with Crippen LogP contribution in [0.15, 0.2) is 84.0 Å². The number of nitrogens with one attached hydrogen (secondary N) is 1. The van der Waals surface area contributed by atoms with Crippen molar-refractivity contribution in [1.29, 1.82) is 0 Å². The van der Waals surface area contributed by atoms with Crippen molar-refractivity contribution in [3.63, 3.8) is 0 Å². The lowest BCUT2D eigenvalue weighted by atomic mass is 10.1. The van der Waals surface area contributed by atoms with Crippen molar-refractivity contribution in [2.45, 2.75) is 5.16 Å². The minimum absolute atomic E-state index is 0.120. The molecule has 1 N–H and O–H groups in total. The molecule has 0 unspecified atom stereocenters. The van der Waals surface area contributed by atoms with Gasteiger partial charge in [-0.25, -0.2) is 4.79 Å². The van der Waals surface area contributed by atoms with Gasteiger partial charge in [-0.3, -0.25) is 4.79 Å². The number of benzene rings is 3. The molecule has 0 fully saturated rings. The van der Waals surface area contributed by atoms with Gasteiger partial charge in [-0.1, -0.05) is 66.4 Å². The van der Waals surface area contributed by atoms with Crippen LogP contribution in [0.25, 0.3) is 27.7 Å². The van der Waals surface area contributed by atoms with Crippen molar-refractivity contribution < 1.29 is 14.3 Å². The molecule has 0 aliphatic rings. The zero-order chi connectivity index (χ0) is 23.5. The molecule has 0 aliphatic heterocycles. The van der Waals surface area contributed by atoms with Crippen molar-refractivity contribution in [1.82, 2.24) is 19.8 Å². The maximum Gasteiger partial charge on any atom is 0.337 e. The van der Waals surface area contributed by atoms with Gasteiger partial charge in [0.2, 0.25) is 11.1 Å². The smallest absolute Gasteiger partial charge is 0.337 e. The normalized spacial score (nSPS) is 11.0. The van der Waals surface area contributed by atoms with E-state index in [1.54, 1.807) is 28.8 Å². The summed E-state index contributed by atoms with van der Waals surface area (Å²) in [7, 11) is 1.32. The Kier molecular flexibility index (Phi) is 5.92. The Hall–Kier alpha value is -4.24. The molecule has 34 heavy (non-hydrogen) atoms. The van der Waals surface area contributed by atoms with Crippen LogP contribution >= 0.6 is 11.8 Å². The molecule has 5 rings (SSSR count). The van der Waals surface area contributed by atoms with Crippen LogP contribution in [0.1, 0.15) is 10.4 Å². The van der Waals surface area contributed by atoms with Gasteiger partial charge in [-0.15, -0.1) is 10.2 Å². The Morgan fingerprint density at radius 3 is 2.35 bits per heavy atom. The summed E-state index contributed by atoms with van der Waals surface area (Å²) >= 11 is 1.25. The third kappa shape index (κ3) is 4.20. The summed E-state index contributed by atoms with van der Waals surface area (Å²) in [5, 5.41) is 18.7. The van der Waals surface area contributed by atoms with Crippen LogP contribution in [0, 0.1) is 0 Å². The summed E-state index contributed by atoms with van der Waals surface area (Å²) in [6.45, 7) is 0. The number of carbonyl (C=O) groups excluding carboxylic acids is 2. The number of nitrogens with zero attached hydrogens (tertiary/aromatic N) is 4. The quantitative estimate of drug-likeness (QED) is 0.290. The third-order valence-corrected chi connectivity index (χ3v) is 6.12. The summed E-state index contributed by atoms with van der Waals surface area (Å²) in [5.74, 6) is -0.520. The first-order valence-electron chi connectivity index (χ1n) is 10.4. The SMILES string of the molecule is COC(=O)c1ccc(NC(=O)CSc2nnc3c4ccccc4c(-c4ccccc4)nn23)cc1. The zero-order valence-corrected chi connectivity index (χ0v) is 19.0. The summed E-state index contributed by atoms with van der Waals surface area (Å²) in [6, 6.07) is 24.4. The minimum atomic E-state index is -0.429. The first-order valence-corrected chi connectivity index (χ1v) is 11.4. The van der Waals surface area contributed by atoms with Crippen molar-refractivity contribution >= 4 is 45.7 Å². The van der Waals surface area contributed by atoms with Gasteiger partial charge in [0.05, 0.1) is 24.1 Å². The highest BCUT2D eigenvalue weighted by Crippen LogP contribution is 2.30. The molecule has 0 aliphatic carbocycles. The zero-order valence-electron chi connectivity index (χ0n) is 18.1. The first-order chi connectivity index (χ1) is 16.6. The molecule has 0 atom stereocenters. The number of anilines is 1. The molecule has 0 spiro atoms. The number of methoxy groups -OCH3 is 1. The van der Waals surface area contributed by atoms with E-state index in [1.165, 1.54) is 18.9 Å². The maximum absolute atomic E-state index is 12.5. The summed E-state index contributed by atoms with van der Waals surface area (Å²) in [6.07, 6.45) is 0. The number of esters is 1. The lowest BCUT2D eigenvalue weighted by Crippen LogP contribution is -2.14. The van der Waals surface area contributed by atoms with Gasteiger partial charge in [-0.2, -0.15) is 9.61 Å². The number of amides is 1. The average molecular weight is 470 g/mol. The highest BCUT2D eigenvalue weighted by Gasteiger charge is 2.16. The van der Waals surface area contributed by atoms with E-state index < -0.39 is 5.97 Å². The van der Waals surface area contributed by atoms with Crippen LogP contribution < -0.4 is 5.32 Å². The lowest BCUT2D eigenvalue weighted by molar-refractivity contribution is -0.113. The molecular weight excluding hydrogens is 450 g/mol. The fourth-order valence-electron chi connectivity index (χ4n) is 3.60. The third-order valence-electron chi connectivity index (χ3n) is 5.20. The molecule has 1 amide bonds. The van der Waals surface area contributed by atoms with Gasteiger partial charge in [0.1, 0.15) is 0 Å². The molecule has 8 nitrogen and oxygen atoms in total. The number of hydrogen-bond acceptors (Lipinski definition) is 7. The predicted molar refractivity (Wildman–Crippen MR) is 131 cm³/mol. The predicted octanol–water partition coefficient (Wildman–Crippen LogP) is 4.46. The molecule has 0 radical (unpaired) electrons. The molecule has 9 heteroatoms. The topological polar surface area (TPSA) is 98.5 Å². The molecule has 3 aromatic carbocycles. The van der Waals surface area contributed by atoms with Crippen LogP contribution in [0.2, 0.25) is 0 Å². The van der Waals surface area contributed by atoms with Crippen molar-refractivity contribution in [3.8, 4) is 11.3 Å². The number of aromatic nitrogens is 4. The van der Waals surface area contributed by atoms with E-state index in [9.17, 15) is 9.59 Å². The average Bonchev–Trinajstić information content (AvgIpc) is 3.30. The van der Waals surface area contributed by atoms with E-state index in [0.29, 0.717) is 22.1 Å². The number of hydrogen-bond donors (Lipinski definition) is 1. The fourth-order valence-corrected chi connectivity index (χ4v) is 4.28. The van der Waals surface area contributed by atoms with Crippen LogP contribution in [-0.2, 0) is 9.53 Å². The second kappa shape index (κ2) is 9.32. The largest absolute Gasteiger partial charge is 0.465 e. The Balaban J connectivity index is 1.39. The molecule has 0 bridgehead atoms. The van der Waals surface area contributed by atoms with Gasteiger partial charge in [0.25, 0.3) is 0 Å². The van der Waals surface area contributed by atoms with E-state index >= 15 is 0 Å². The Morgan fingerprint density at radius 1 is 0.912 bits per heavy atom. The number of rotatable bonds is 6. The van der Waals surface area contributed by atoms with Crippen LogP contribution in [0.4, 0.5) is 5.69 Å². The number of ether oxygens (including phenoxy) is 1. The fraction of sp³-hybridized carbons (Fsp3) is 0.0800. The lowest BCUT2D eigenvalue weighted by Gasteiger charge is -2.08. The summed E-state index contributed by atoms with van der Waals surface area (Å²) in [5.41, 5.74) is 3.44. The Bertz CT molecular complexity index is 1500. The van der Waals surface area contributed by atoms with Gasteiger partial charge in [0, 0.05) is 22.0 Å². The van der Waals surface area contributed by atoms with E-state index in [2.05, 4.69) is 20.3 Å². The standard InChI is InChI=1S/C25H19N5O3S/c1-33-24(32)17-11-13-18(14-12-17)26-21(31)15-34-25-28-27-23-20-10-6-5-9-19(20)22(29-30(23)25)16-7-3-2-4-8-16/h2-14H,15H2,1H3,(H,26,31). The van der Waals surface area contributed by atoms with Gasteiger partial charge in [-0.05, 0) is 24.3 Å². The van der Waals surface area contributed by atoms with Gasteiger partial charge in [0.15, 0.2) is 5.65 Å². The van der Waals surface area contributed by atoms with Crippen molar-refractivity contribution in [2.75, 3.05) is 18.2 Å². The number of carbonyl (C=O) groups is 2. The molecule has 168 valence electrons. The van der Waals surface area contributed by atoms with E-state index in [4.69, 9.17) is 5.10 Å². The van der Waals surface area contributed by atoms with Crippen LogP contribution in [0.3, 0.4) is 0 Å². The second-order valence-electron chi connectivity index (χ2n) is 7.38. The van der Waals surface area contributed by atoms with Crippen molar-refractivity contribution in [3.05, 3.63) is 84.4 Å². The monoisotopic (exact) mass is 469 g/mol. The Morgan fingerprint density at radius 2 is 1.62 bits per heavy atom. The molecule has 0 saturated heterocycles. The van der Waals surface area contributed by atoms with E-state index in [0.717, 1.165) is 22.0 Å².